The lowest BCUT2D eigenvalue weighted by atomic mass is 10.1. The van der Waals surface area contributed by atoms with Gasteiger partial charge in [0.1, 0.15) is 11.6 Å². The number of nitrogens with one attached hydrogen (secondary N) is 1. The van der Waals surface area contributed by atoms with E-state index in [9.17, 15) is 14.9 Å². The van der Waals surface area contributed by atoms with Crippen molar-refractivity contribution >= 4 is 46.2 Å². The first-order valence-corrected chi connectivity index (χ1v) is 10.1. The minimum atomic E-state index is -0.514. The summed E-state index contributed by atoms with van der Waals surface area (Å²) in [5.41, 5.74) is 2.12. The third-order valence-corrected chi connectivity index (χ3v) is 4.64. The highest BCUT2D eigenvalue weighted by Gasteiger charge is 2.15. The van der Waals surface area contributed by atoms with Crippen LogP contribution in [0.3, 0.4) is 0 Å². The largest absolute Gasteiger partial charge is 0.493 e. The molecule has 0 atom stereocenters. The molecule has 2 aromatic carbocycles. The van der Waals surface area contributed by atoms with Crippen molar-refractivity contribution in [3.05, 3.63) is 56.7 Å². The Labute approximate surface area is 188 Å². The highest BCUT2D eigenvalue weighted by Crippen LogP contribution is 2.34. The summed E-state index contributed by atoms with van der Waals surface area (Å²) < 4.78 is 16.4. The number of carbonyl (C=O) groups is 2. The molecule has 0 aliphatic carbocycles. The van der Waals surface area contributed by atoms with Gasteiger partial charge in [-0.15, -0.1) is 0 Å². The number of benzene rings is 2. The van der Waals surface area contributed by atoms with Crippen LogP contribution in [0.25, 0.3) is 6.08 Å². The summed E-state index contributed by atoms with van der Waals surface area (Å²) in [6, 6.07) is 12.6. The van der Waals surface area contributed by atoms with Crippen LogP contribution < -0.4 is 14.8 Å². The van der Waals surface area contributed by atoms with E-state index in [-0.39, 0.29) is 18.8 Å². The number of nitriles is 1. The monoisotopic (exact) mass is 520 g/mol. The van der Waals surface area contributed by atoms with Crippen molar-refractivity contribution in [2.45, 2.75) is 13.8 Å². The standard InChI is InChI=1S/C22H21IN2O5/c1-4-29-20(26)13-30-21-18(23)10-15(11-19(21)28-3)9-16(12-24)22(27)25-17-7-5-6-14(2)8-17/h5-11H,4,13H2,1-3H3,(H,25,27)/b16-9-. The van der Waals surface area contributed by atoms with Crippen LogP contribution in [0.15, 0.2) is 42.0 Å². The van der Waals surface area contributed by atoms with Crippen LogP contribution in [0.5, 0.6) is 11.5 Å². The fourth-order valence-corrected chi connectivity index (χ4v) is 3.31. The maximum atomic E-state index is 12.5. The van der Waals surface area contributed by atoms with Crippen molar-refractivity contribution in [2.24, 2.45) is 0 Å². The van der Waals surface area contributed by atoms with Crippen LogP contribution in [0.2, 0.25) is 0 Å². The summed E-state index contributed by atoms with van der Waals surface area (Å²) in [4.78, 5) is 24.0. The minimum absolute atomic E-state index is 0.0606. The maximum absolute atomic E-state index is 12.5. The zero-order chi connectivity index (χ0) is 22.1. The molecule has 1 amide bonds. The maximum Gasteiger partial charge on any atom is 0.344 e. The highest BCUT2D eigenvalue weighted by atomic mass is 127. The molecule has 1 N–H and O–H groups in total. The first-order chi connectivity index (χ1) is 14.4. The molecule has 0 aliphatic rings. The number of halogens is 1. The molecule has 0 radical (unpaired) electrons. The average molecular weight is 520 g/mol. The molecule has 2 aromatic rings. The number of esters is 1. The van der Waals surface area contributed by atoms with E-state index in [1.165, 1.54) is 13.2 Å². The second-order valence-corrected chi connectivity index (χ2v) is 7.28. The van der Waals surface area contributed by atoms with Gasteiger partial charge in [0.2, 0.25) is 0 Å². The molecular weight excluding hydrogens is 499 g/mol. The Morgan fingerprint density at radius 1 is 1.27 bits per heavy atom. The van der Waals surface area contributed by atoms with E-state index in [0.717, 1.165) is 5.56 Å². The number of nitrogens with zero attached hydrogens (tertiary/aromatic N) is 1. The first kappa shape index (κ1) is 23.2. The number of aryl methyl sites for hydroxylation is 1. The number of carbonyl (C=O) groups excluding carboxylic acids is 2. The van der Waals surface area contributed by atoms with E-state index in [1.807, 2.05) is 53.8 Å². The van der Waals surface area contributed by atoms with Gasteiger partial charge in [-0.05, 0) is 77.9 Å². The number of ether oxygens (including phenoxy) is 3. The third-order valence-electron chi connectivity index (χ3n) is 3.84. The van der Waals surface area contributed by atoms with Gasteiger partial charge in [-0.25, -0.2) is 4.79 Å². The normalized spacial score (nSPS) is 10.7. The van der Waals surface area contributed by atoms with Crippen LogP contribution in [0.4, 0.5) is 5.69 Å². The lowest BCUT2D eigenvalue weighted by molar-refractivity contribution is -0.145. The molecule has 8 heteroatoms. The molecule has 0 unspecified atom stereocenters. The predicted octanol–water partition coefficient (Wildman–Crippen LogP) is 4.10. The first-order valence-electron chi connectivity index (χ1n) is 9.03. The second kappa shape index (κ2) is 11.2. The Morgan fingerprint density at radius 3 is 2.67 bits per heavy atom. The number of hydrogen-bond acceptors (Lipinski definition) is 6. The Kier molecular flexibility index (Phi) is 8.68. The summed E-state index contributed by atoms with van der Waals surface area (Å²) in [6.45, 7) is 3.64. The summed E-state index contributed by atoms with van der Waals surface area (Å²) in [6.07, 6.45) is 1.46. The minimum Gasteiger partial charge on any atom is -0.493 e. The van der Waals surface area contributed by atoms with Crippen molar-refractivity contribution < 1.29 is 23.8 Å². The topological polar surface area (TPSA) is 97.7 Å². The van der Waals surface area contributed by atoms with Crippen molar-refractivity contribution in [1.29, 1.82) is 5.26 Å². The predicted molar refractivity (Wildman–Crippen MR) is 121 cm³/mol. The molecule has 0 saturated carbocycles. The van der Waals surface area contributed by atoms with Crippen LogP contribution in [0, 0.1) is 21.8 Å². The van der Waals surface area contributed by atoms with Gasteiger partial charge in [-0.3, -0.25) is 4.79 Å². The molecule has 30 heavy (non-hydrogen) atoms. The Balaban J connectivity index is 2.25. The van der Waals surface area contributed by atoms with Crippen molar-refractivity contribution in [3.63, 3.8) is 0 Å². The number of anilines is 1. The molecular formula is C22H21IN2O5. The fraction of sp³-hybridized carbons (Fsp3) is 0.227. The molecule has 0 fully saturated rings. The van der Waals surface area contributed by atoms with Gasteiger partial charge in [-0.2, -0.15) is 5.26 Å². The molecule has 0 saturated heterocycles. The summed E-state index contributed by atoms with van der Waals surface area (Å²) in [5, 5.41) is 12.2. The Bertz CT molecular complexity index is 1010. The molecule has 0 aromatic heterocycles. The molecule has 7 nitrogen and oxygen atoms in total. The van der Waals surface area contributed by atoms with E-state index >= 15 is 0 Å². The van der Waals surface area contributed by atoms with Crippen LogP contribution in [-0.4, -0.2) is 32.2 Å². The van der Waals surface area contributed by atoms with Crippen molar-refractivity contribution in [2.75, 3.05) is 25.6 Å². The number of amides is 1. The van der Waals surface area contributed by atoms with E-state index in [2.05, 4.69) is 5.32 Å². The summed E-state index contributed by atoms with van der Waals surface area (Å²) in [5.74, 6) is -0.251. The number of rotatable bonds is 8. The summed E-state index contributed by atoms with van der Waals surface area (Å²) >= 11 is 2.03. The van der Waals surface area contributed by atoms with Gasteiger partial charge >= 0.3 is 5.97 Å². The van der Waals surface area contributed by atoms with Gasteiger partial charge in [0.05, 0.1) is 17.3 Å². The van der Waals surface area contributed by atoms with Gasteiger partial charge in [0, 0.05) is 5.69 Å². The van der Waals surface area contributed by atoms with Gasteiger partial charge in [0.25, 0.3) is 5.91 Å². The highest BCUT2D eigenvalue weighted by molar-refractivity contribution is 14.1. The molecule has 156 valence electrons. The molecule has 0 spiro atoms. The van der Waals surface area contributed by atoms with E-state index in [1.54, 1.807) is 25.1 Å². The zero-order valence-electron chi connectivity index (χ0n) is 16.8. The number of methoxy groups -OCH3 is 1. The zero-order valence-corrected chi connectivity index (χ0v) is 19.0. The van der Waals surface area contributed by atoms with Crippen molar-refractivity contribution in [3.8, 4) is 17.6 Å². The molecule has 0 aliphatic heterocycles. The lowest BCUT2D eigenvalue weighted by Crippen LogP contribution is -2.15. The smallest absolute Gasteiger partial charge is 0.344 e. The van der Waals surface area contributed by atoms with Crippen LogP contribution in [0.1, 0.15) is 18.1 Å². The fourth-order valence-electron chi connectivity index (χ4n) is 2.53. The van der Waals surface area contributed by atoms with Crippen molar-refractivity contribution in [1.82, 2.24) is 0 Å². The second-order valence-electron chi connectivity index (χ2n) is 6.12. The quantitative estimate of drug-likeness (QED) is 0.244. The molecule has 2 rings (SSSR count). The third kappa shape index (κ3) is 6.49. The number of hydrogen-bond donors (Lipinski definition) is 1. The van der Waals surface area contributed by atoms with Crippen LogP contribution in [-0.2, 0) is 14.3 Å². The SMILES string of the molecule is CCOC(=O)COc1c(I)cc(/C=C(/C#N)C(=O)Nc2cccc(C)c2)cc1OC. The van der Waals surface area contributed by atoms with E-state index < -0.39 is 11.9 Å². The van der Waals surface area contributed by atoms with E-state index in [4.69, 9.17) is 14.2 Å². The van der Waals surface area contributed by atoms with Gasteiger partial charge < -0.3 is 19.5 Å². The summed E-state index contributed by atoms with van der Waals surface area (Å²) in [7, 11) is 1.46. The molecule has 0 heterocycles. The average Bonchev–Trinajstić information content (AvgIpc) is 2.70. The van der Waals surface area contributed by atoms with Gasteiger partial charge in [0.15, 0.2) is 18.1 Å². The Hall–Kier alpha value is -3.06. The lowest BCUT2D eigenvalue weighted by Gasteiger charge is -2.13. The van der Waals surface area contributed by atoms with Gasteiger partial charge in [-0.1, -0.05) is 12.1 Å². The Morgan fingerprint density at radius 2 is 2.03 bits per heavy atom. The van der Waals surface area contributed by atoms with E-state index in [0.29, 0.717) is 26.3 Å². The molecule has 0 bridgehead atoms. The van der Waals surface area contributed by atoms with Crippen LogP contribution >= 0.6 is 22.6 Å².